The highest BCUT2D eigenvalue weighted by Crippen LogP contribution is 2.23. The molecule has 0 atom stereocenters. The molecule has 2 aromatic heterocycles. The number of carbonyl (C=O) groups is 1. The molecule has 13 nitrogen and oxygen atoms in total. The van der Waals surface area contributed by atoms with Gasteiger partial charge in [-0.2, -0.15) is 10.4 Å². The van der Waals surface area contributed by atoms with E-state index in [0.29, 0.717) is 11.4 Å². The number of rotatable bonds is 6. The monoisotopic (exact) mass is 455 g/mol. The van der Waals surface area contributed by atoms with Crippen LogP contribution in [0.2, 0.25) is 0 Å². The molecule has 0 spiro atoms. The molecule has 3 rings (SSSR count). The summed E-state index contributed by atoms with van der Waals surface area (Å²) in [6, 6.07) is 8.66. The number of benzene rings is 1. The number of aromatic nitrogens is 4. The Morgan fingerprint density at radius 3 is 2.44 bits per heavy atom. The lowest BCUT2D eigenvalue weighted by Crippen LogP contribution is -2.15. The minimum absolute atomic E-state index is 0.0450. The van der Waals surface area contributed by atoms with Crippen LogP contribution in [-0.2, 0) is 10.0 Å². The number of carbonyl (C=O) groups excluding carboxylic acids is 1. The molecule has 2 heterocycles. The third kappa shape index (κ3) is 4.84. The van der Waals surface area contributed by atoms with Gasteiger partial charge in [0.25, 0.3) is 21.5 Å². The van der Waals surface area contributed by atoms with E-state index in [9.17, 15) is 18.0 Å². The lowest BCUT2D eigenvalue weighted by atomic mass is 10.3. The molecule has 14 heteroatoms. The molecular formula is C18H17N9O4S. The molecule has 1 aromatic carbocycles. The summed E-state index contributed by atoms with van der Waals surface area (Å²) in [5, 5.41) is 18.3. The molecule has 0 bridgehead atoms. The fraction of sp³-hybridized carbons (Fsp3) is 0.167. The van der Waals surface area contributed by atoms with Crippen molar-refractivity contribution in [2.45, 2.75) is 25.2 Å². The minimum atomic E-state index is -3.95. The van der Waals surface area contributed by atoms with Gasteiger partial charge in [-0.25, -0.2) is 27.8 Å². The van der Waals surface area contributed by atoms with Crippen LogP contribution in [-0.4, -0.2) is 34.1 Å². The number of aryl methyl sites for hydroxylation is 2. The van der Waals surface area contributed by atoms with Gasteiger partial charge in [-0.05, 0) is 44.2 Å². The SMILES string of the molecule is Cc1cc(C)nc(NS(=O)(=O)c2ccc(N=Nc3c(N)n(C(=O)CC#N)[nH]c3=O)cc2)n1. The maximum absolute atomic E-state index is 12.6. The molecule has 0 saturated carbocycles. The van der Waals surface area contributed by atoms with Crippen LogP contribution in [0.5, 0.6) is 0 Å². The molecular weight excluding hydrogens is 438 g/mol. The average Bonchev–Trinajstić information content (AvgIpc) is 2.99. The third-order valence-corrected chi connectivity index (χ3v) is 5.36. The zero-order valence-electron chi connectivity index (χ0n) is 16.9. The van der Waals surface area contributed by atoms with Crippen LogP contribution in [0.1, 0.15) is 22.6 Å². The van der Waals surface area contributed by atoms with Gasteiger partial charge in [0, 0.05) is 11.4 Å². The van der Waals surface area contributed by atoms with E-state index in [-0.39, 0.29) is 28.0 Å². The summed E-state index contributed by atoms with van der Waals surface area (Å²) < 4.78 is 28.1. The Bertz CT molecular complexity index is 1390. The van der Waals surface area contributed by atoms with Gasteiger partial charge in [-0.15, -0.1) is 5.11 Å². The summed E-state index contributed by atoms with van der Waals surface area (Å²) >= 11 is 0. The van der Waals surface area contributed by atoms with Crippen LogP contribution in [0.3, 0.4) is 0 Å². The summed E-state index contributed by atoms with van der Waals surface area (Å²) in [7, 11) is -3.95. The van der Waals surface area contributed by atoms with Crippen molar-refractivity contribution in [3.63, 3.8) is 0 Å². The standard InChI is InChI=1S/C18H17N9O4S/c1-10-9-11(2)22-18(21-10)26-32(30,31)13-5-3-12(4-6-13)23-24-15-16(20)27(25-17(15)29)14(28)7-8-19/h3-6,9H,7,20H2,1-2H3,(H,25,29)(H,21,22,26). The number of nitrogens with two attached hydrogens (primary N) is 1. The van der Waals surface area contributed by atoms with Crippen LogP contribution < -0.4 is 16.0 Å². The van der Waals surface area contributed by atoms with Crippen molar-refractivity contribution in [3.8, 4) is 6.07 Å². The smallest absolute Gasteiger partial charge is 0.294 e. The summed E-state index contributed by atoms with van der Waals surface area (Å²) in [6.07, 6.45) is -0.484. The van der Waals surface area contributed by atoms with Crippen LogP contribution in [0.25, 0.3) is 0 Å². The van der Waals surface area contributed by atoms with E-state index in [4.69, 9.17) is 11.0 Å². The Kier molecular flexibility index (Phi) is 6.12. The van der Waals surface area contributed by atoms with Crippen LogP contribution >= 0.6 is 0 Å². The number of azo groups is 1. The minimum Gasteiger partial charge on any atom is -0.382 e. The summed E-state index contributed by atoms with van der Waals surface area (Å²) in [6.45, 7) is 3.44. The van der Waals surface area contributed by atoms with Crippen LogP contribution in [0, 0.1) is 25.2 Å². The molecule has 0 aliphatic carbocycles. The number of sulfonamides is 1. The Hall–Kier alpha value is -4.38. The number of hydrogen-bond acceptors (Lipinski definition) is 10. The lowest BCUT2D eigenvalue weighted by molar-refractivity contribution is 0.0906. The van der Waals surface area contributed by atoms with Crippen LogP contribution in [0.4, 0.5) is 23.1 Å². The van der Waals surface area contributed by atoms with Gasteiger partial charge in [-0.1, -0.05) is 0 Å². The van der Waals surface area contributed by atoms with Gasteiger partial charge in [0.15, 0.2) is 11.5 Å². The maximum atomic E-state index is 12.6. The molecule has 0 aliphatic rings. The Morgan fingerprint density at radius 1 is 1.22 bits per heavy atom. The predicted octanol–water partition coefficient (Wildman–Crippen LogP) is 1.94. The Labute approximate surface area is 181 Å². The first-order chi connectivity index (χ1) is 15.1. The van der Waals surface area contributed by atoms with Gasteiger partial charge in [-0.3, -0.25) is 14.7 Å². The molecule has 0 fully saturated rings. The van der Waals surface area contributed by atoms with Crippen molar-refractivity contribution in [2.75, 3.05) is 10.5 Å². The highest BCUT2D eigenvalue weighted by Gasteiger charge is 2.18. The van der Waals surface area contributed by atoms with Gasteiger partial charge in [0.05, 0.1) is 16.7 Å². The summed E-state index contributed by atoms with van der Waals surface area (Å²) in [5.41, 5.74) is 6.09. The van der Waals surface area contributed by atoms with E-state index in [1.54, 1.807) is 26.0 Å². The maximum Gasteiger partial charge on any atom is 0.294 e. The van der Waals surface area contributed by atoms with Crippen molar-refractivity contribution in [1.82, 2.24) is 19.7 Å². The summed E-state index contributed by atoms with van der Waals surface area (Å²) in [4.78, 5) is 31.7. The van der Waals surface area contributed by atoms with Gasteiger partial charge < -0.3 is 5.73 Å². The van der Waals surface area contributed by atoms with Gasteiger partial charge in [0.1, 0.15) is 6.42 Å². The van der Waals surface area contributed by atoms with Gasteiger partial charge >= 0.3 is 0 Å². The van der Waals surface area contributed by atoms with E-state index >= 15 is 0 Å². The van der Waals surface area contributed by atoms with Gasteiger partial charge in [0.2, 0.25) is 5.95 Å². The number of nitrogens with one attached hydrogen (secondary N) is 2. The number of hydrogen-bond donors (Lipinski definition) is 3. The topological polar surface area (TPSA) is 201 Å². The first kappa shape index (κ1) is 22.3. The fourth-order valence-corrected chi connectivity index (χ4v) is 3.57. The number of nitrogens with zero attached hydrogens (tertiary/aromatic N) is 6. The number of H-pyrrole nitrogens is 1. The number of nitrogen functional groups attached to an aromatic ring is 1. The molecule has 0 aliphatic heterocycles. The average molecular weight is 455 g/mol. The van der Waals surface area contributed by atoms with E-state index in [2.05, 4.69) is 30.0 Å². The van der Waals surface area contributed by atoms with Crippen molar-refractivity contribution in [2.24, 2.45) is 10.2 Å². The second-order valence-electron chi connectivity index (χ2n) is 6.51. The molecule has 0 amide bonds. The second kappa shape index (κ2) is 8.78. The number of anilines is 2. The molecule has 0 saturated heterocycles. The molecule has 0 unspecified atom stereocenters. The normalized spacial score (nSPS) is 11.4. The second-order valence-corrected chi connectivity index (χ2v) is 8.19. The summed E-state index contributed by atoms with van der Waals surface area (Å²) in [5.74, 6) is -1.06. The highest BCUT2D eigenvalue weighted by atomic mass is 32.2. The Morgan fingerprint density at radius 2 is 1.84 bits per heavy atom. The Balaban J connectivity index is 1.80. The first-order valence-corrected chi connectivity index (χ1v) is 10.5. The molecule has 4 N–H and O–H groups in total. The lowest BCUT2D eigenvalue weighted by Gasteiger charge is -2.08. The first-order valence-electron chi connectivity index (χ1n) is 8.98. The molecule has 0 radical (unpaired) electrons. The van der Waals surface area contributed by atoms with Crippen molar-refractivity contribution >= 4 is 39.1 Å². The number of aromatic amines is 1. The quantitative estimate of drug-likeness (QED) is 0.467. The third-order valence-electron chi connectivity index (χ3n) is 4.01. The largest absolute Gasteiger partial charge is 0.382 e. The van der Waals surface area contributed by atoms with E-state index < -0.39 is 27.9 Å². The van der Waals surface area contributed by atoms with Crippen molar-refractivity contribution < 1.29 is 13.2 Å². The highest BCUT2D eigenvalue weighted by molar-refractivity contribution is 7.92. The fourth-order valence-electron chi connectivity index (χ4n) is 2.63. The van der Waals surface area contributed by atoms with E-state index in [1.165, 1.54) is 24.3 Å². The predicted molar refractivity (Wildman–Crippen MR) is 113 cm³/mol. The van der Waals surface area contributed by atoms with E-state index in [1.807, 2.05) is 0 Å². The number of nitriles is 1. The zero-order chi connectivity index (χ0) is 23.5. The zero-order valence-corrected chi connectivity index (χ0v) is 17.7. The van der Waals surface area contributed by atoms with Crippen molar-refractivity contribution in [1.29, 1.82) is 5.26 Å². The molecule has 164 valence electrons. The van der Waals surface area contributed by atoms with Crippen molar-refractivity contribution in [3.05, 3.63) is 52.1 Å². The van der Waals surface area contributed by atoms with E-state index in [0.717, 1.165) is 4.68 Å². The molecule has 3 aromatic rings. The van der Waals surface area contributed by atoms with Crippen LogP contribution in [0.15, 0.2) is 50.3 Å². The molecule has 32 heavy (non-hydrogen) atoms.